The van der Waals surface area contributed by atoms with Gasteiger partial charge < -0.3 is 15.0 Å². The number of hydrogen-bond donors (Lipinski definition) is 1. The number of nitrogens with zero attached hydrogens (tertiary/aromatic N) is 4. The zero-order valence-corrected chi connectivity index (χ0v) is 14.8. The first kappa shape index (κ1) is 17.0. The summed E-state index contributed by atoms with van der Waals surface area (Å²) < 4.78 is 5.46. The maximum absolute atomic E-state index is 9.11. The quantitative estimate of drug-likeness (QED) is 0.769. The van der Waals surface area contributed by atoms with E-state index in [0.29, 0.717) is 24.7 Å². The third-order valence-electron chi connectivity index (χ3n) is 4.37. The third kappa shape index (κ3) is 4.05. The molecule has 1 saturated heterocycles. The van der Waals surface area contributed by atoms with E-state index in [1.54, 1.807) is 12.1 Å². The van der Waals surface area contributed by atoms with Crippen LogP contribution in [0.25, 0.3) is 11.3 Å². The molecule has 2 heterocycles. The summed E-state index contributed by atoms with van der Waals surface area (Å²) >= 11 is 0. The molecule has 0 aliphatic carbocycles. The summed E-state index contributed by atoms with van der Waals surface area (Å²) in [5, 5.41) is 12.3. The number of morpholine rings is 1. The van der Waals surface area contributed by atoms with E-state index >= 15 is 0 Å². The van der Waals surface area contributed by atoms with Crippen LogP contribution in [0, 0.1) is 11.3 Å². The van der Waals surface area contributed by atoms with Gasteiger partial charge in [-0.2, -0.15) is 10.2 Å². The van der Waals surface area contributed by atoms with Crippen molar-refractivity contribution in [1.82, 2.24) is 9.97 Å². The fraction of sp³-hybridized carbons (Fsp3) is 0.190. The molecule has 6 nitrogen and oxygen atoms in total. The van der Waals surface area contributed by atoms with Gasteiger partial charge in [0.15, 0.2) is 0 Å². The third-order valence-corrected chi connectivity index (χ3v) is 4.37. The highest BCUT2D eigenvalue weighted by molar-refractivity contribution is 5.67. The lowest BCUT2D eigenvalue weighted by molar-refractivity contribution is 0.122. The standard InChI is InChI=1S/C21H19N5O/c22-15-16-5-4-8-18(13-16)23-21-24-19(17-6-2-1-3-7-17)14-20(25-21)26-9-11-27-12-10-26/h1-8,13-14H,9-12H2,(H,23,24,25). The minimum atomic E-state index is 0.507. The second-order valence-electron chi connectivity index (χ2n) is 6.22. The molecule has 2 aromatic carbocycles. The Hall–Kier alpha value is -3.43. The summed E-state index contributed by atoms with van der Waals surface area (Å²) in [7, 11) is 0. The molecular formula is C21H19N5O. The van der Waals surface area contributed by atoms with Crippen molar-refractivity contribution < 1.29 is 4.74 Å². The maximum Gasteiger partial charge on any atom is 0.229 e. The molecule has 27 heavy (non-hydrogen) atoms. The molecule has 1 fully saturated rings. The van der Waals surface area contributed by atoms with Crippen molar-refractivity contribution in [3.05, 3.63) is 66.2 Å². The van der Waals surface area contributed by atoms with Crippen LogP contribution in [0.4, 0.5) is 17.5 Å². The van der Waals surface area contributed by atoms with Crippen molar-refractivity contribution in [3.63, 3.8) is 0 Å². The van der Waals surface area contributed by atoms with Crippen LogP contribution in [0.3, 0.4) is 0 Å². The number of aromatic nitrogens is 2. The second kappa shape index (κ2) is 7.85. The lowest BCUT2D eigenvalue weighted by Gasteiger charge is -2.28. The zero-order chi connectivity index (χ0) is 18.5. The van der Waals surface area contributed by atoms with Crippen molar-refractivity contribution in [2.24, 2.45) is 0 Å². The van der Waals surface area contributed by atoms with Gasteiger partial charge in [-0.3, -0.25) is 0 Å². The Bertz CT molecular complexity index is 962. The number of rotatable bonds is 4. The van der Waals surface area contributed by atoms with Gasteiger partial charge in [-0.1, -0.05) is 36.4 Å². The van der Waals surface area contributed by atoms with Gasteiger partial charge in [-0.15, -0.1) is 0 Å². The van der Waals surface area contributed by atoms with Gasteiger partial charge in [0.25, 0.3) is 0 Å². The van der Waals surface area contributed by atoms with Crippen molar-refractivity contribution in [3.8, 4) is 17.3 Å². The van der Waals surface area contributed by atoms with E-state index in [9.17, 15) is 0 Å². The largest absolute Gasteiger partial charge is 0.378 e. The smallest absolute Gasteiger partial charge is 0.229 e. The number of nitriles is 1. The molecule has 0 atom stereocenters. The monoisotopic (exact) mass is 357 g/mol. The number of ether oxygens (including phenoxy) is 1. The summed E-state index contributed by atoms with van der Waals surface area (Å²) in [6, 6.07) is 21.5. The number of hydrogen-bond acceptors (Lipinski definition) is 6. The van der Waals surface area contributed by atoms with Crippen molar-refractivity contribution in [1.29, 1.82) is 5.26 Å². The van der Waals surface area contributed by atoms with E-state index in [0.717, 1.165) is 35.9 Å². The molecule has 134 valence electrons. The molecular weight excluding hydrogens is 338 g/mol. The maximum atomic E-state index is 9.11. The molecule has 0 unspecified atom stereocenters. The van der Waals surface area contributed by atoms with Crippen LogP contribution in [0.15, 0.2) is 60.7 Å². The molecule has 0 spiro atoms. The topological polar surface area (TPSA) is 74.1 Å². The first-order chi connectivity index (χ1) is 13.3. The molecule has 0 radical (unpaired) electrons. The normalized spacial score (nSPS) is 13.8. The molecule has 0 saturated carbocycles. The molecule has 1 aromatic heterocycles. The van der Waals surface area contributed by atoms with Crippen LogP contribution >= 0.6 is 0 Å². The molecule has 1 N–H and O–H groups in total. The van der Waals surface area contributed by atoms with Gasteiger partial charge in [0.1, 0.15) is 5.82 Å². The molecule has 6 heteroatoms. The van der Waals surface area contributed by atoms with Gasteiger partial charge in [0.2, 0.25) is 5.95 Å². The summed E-state index contributed by atoms with van der Waals surface area (Å²) in [5.74, 6) is 1.37. The van der Waals surface area contributed by atoms with Gasteiger partial charge in [0.05, 0.1) is 30.5 Å². The molecule has 3 aromatic rings. The Morgan fingerprint density at radius 1 is 0.963 bits per heavy atom. The van der Waals surface area contributed by atoms with Crippen LogP contribution in [0.1, 0.15) is 5.56 Å². The first-order valence-corrected chi connectivity index (χ1v) is 8.86. The van der Waals surface area contributed by atoms with Gasteiger partial charge in [0, 0.05) is 30.4 Å². The van der Waals surface area contributed by atoms with Crippen LogP contribution in [-0.4, -0.2) is 36.3 Å². The van der Waals surface area contributed by atoms with Crippen LogP contribution < -0.4 is 10.2 Å². The average Bonchev–Trinajstić information content (AvgIpc) is 2.75. The second-order valence-corrected chi connectivity index (χ2v) is 6.22. The molecule has 1 aliphatic rings. The van der Waals surface area contributed by atoms with Gasteiger partial charge in [-0.25, -0.2) is 4.98 Å². The Balaban J connectivity index is 1.72. The highest BCUT2D eigenvalue weighted by atomic mass is 16.5. The summed E-state index contributed by atoms with van der Waals surface area (Å²) in [4.78, 5) is 11.6. The van der Waals surface area contributed by atoms with Crippen LogP contribution in [0.5, 0.6) is 0 Å². The average molecular weight is 357 g/mol. The minimum Gasteiger partial charge on any atom is -0.378 e. The van der Waals surface area contributed by atoms with Gasteiger partial charge >= 0.3 is 0 Å². The first-order valence-electron chi connectivity index (χ1n) is 8.86. The van der Waals surface area contributed by atoms with Crippen LogP contribution in [0.2, 0.25) is 0 Å². The van der Waals surface area contributed by atoms with Crippen molar-refractivity contribution >= 4 is 17.5 Å². The molecule has 0 bridgehead atoms. The van der Waals surface area contributed by atoms with Crippen LogP contribution in [-0.2, 0) is 4.74 Å². The van der Waals surface area contributed by atoms with E-state index in [-0.39, 0.29) is 0 Å². The summed E-state index contributed by atoms with van der Waals surface area (Å²) in [5.41, 5.74) is 3.26. The number of nitrogens with one attached hydrogen (secondary N) is 1. The SMILES string of the molecule is N#Cc1cccc(Nc2nc(-c3ccccc3)cc(N3CCOCC3)n2)c1. The van der Waals surface area contributed by atoms with E-state index in [4.69, 9.17) is 15.0 Å². The molecule has 1 aliphatic heterocycles. The van der Waals surface area contributed by atoms with Crippen molar-refractivity contribution in [2.75, 3.05) is 36.5 Å². The Morgan fingerprint density at radius 3 is 2.56 bits per heavy atom. The van der Waals surface area contributed by atoms with E-state index in [2.05, 4.69) is 21.3 Å². The number of benzene rings is 2. The number of anilines is 3. The predicted molar refractivity (Wildman–Crippen MR) is 105 cm³/mol. The summed E-state index contributed by atoms with van der Waals surface area (Å²) in [6.07, 6.45) is 0. The lowest BCUT2D eigenvalue weighted by Crippen LogP contribution is -2.36. The van der Waals surface area contributed by atoms with E-state index < -0.39 is 0 Å². The predicted octanol–water partition coefficient (Wildman–Crippen LogP) is 3.60. The fourth-order valence-corrected chi connectivity index (χ4v) is 3.00. The Morgan fingerprint density at radius 2 is 1.78 bits per heavy atom. The van der Waals surface area contributed by atoms with E-state index in [1.165, 1.54) is 0 Å². The molecule has 0 amide bonds. The Labute approximate surface area is 158 Å². The van der Waals surface area contributed by atoms with Gasteiger partial charge in [-0.05, 0) is 18.2 Å². The Kier molecular flexibility index (Phi) is 4.95. The van der Waals surface area contributed by atoms with E-state index in [1.807, 2.05) is 48.5 Å². The highest BCUT2D eigenvalue weighted by Gasteiger charge is 2.16. The summed E-state index contributed by atoms with van der Waals surface area (Å²) in [6.45, 7) is 2.98. The highest BCUT2D eigenvalue weighted by Crippen LogP contribution is 2.25. The lowest BCUT2D eigenvalue weighted by atomic mass is 10.1. The van der Waals surface area contributed by atoms with Crippen molar-refractivity contribution in [2.45, 2.75) is 0 Å². The zero-order valence-electron chi connectivity index (χ0n) is 14.8. The fourth-order valence-electron chi connectivity index (χ4n) is 3.00. The minimum absolute atomic E-state index is 0.507. The molecule has 4 rings (SSSR count).